The summed E-state index contributed by atoms with van der Waals surface area (Å²) in [4.78, 5) is 24.5. The summed E-state index contributed by atoms with van der Waals surface area (Å²) in [6.07, 6.45) is 8.89. The van der Waals surface area contributed by atoms with Crippen LogP contribution in [0.4, 0.5) is 5.82 Å². The molecule has 32 heavy (non-hydrogen) atoms. The Morgan fingerprint density at radius 1 is 1.19 bits per heavy atom. The summed E-state index contributed by atoms with van der Waals surface area (Å²) in [6.45, 7) is 4.78. The zero-order chi connectivity index (χ0) is 21.8. The highest BCUT2D eigenvalue weighted by Gasteiger charge is 2.29. The fraction of sp³-hybridized carbons (Fsp3) is 0.348. The maximum Gasteiger partial charge on any atom is 0.259 e. The first-order chi connectivity index (χ1) is 15.6. The first kappa shape index (κ1) is 19.4. The molecule has 1 aromatic carbocycles. The van der Waals surface area contributed by atoms with Gasteiger partial charge in [-0.3, -0.25) is 9.69 Å². The Kier molecular flexibility index (Phi) is 4.46. The van der Waals surface area contributed by atoms with E-state index in [1.807, 2.05) is 26.9 Å². The molecule has 1 amide bonds. The van der Waals surface area contributed by atoms with Crippen molar-refractivity contribution in [2.75, 3.05) is 11.4 Å². The van der Waals surface area contributed by atoms with Crippen molar-refractivity contribution in [3.63, 3.8) is 0 Å². The van der Waals surface area contributed by atoms with E-state index >= 15 is 0 Å². The number of aromatic nitrogens is 6. The average Bonchev–Trinajstić information content (AvgIpc) is 3.21. The first-order valence-corrected chi connectivity index (χ1v) is 11.8. The summed E-state index contributed by atoms with van der Waals surface area (Å²) in [5.74, 6) is 1.99. The molecule has 3 aromatic heterocycles. The third kappa shape index (κ3) is 3.24. The van der Waals surface area contributed by atoms with Crippen molar-refractivity contribution < 1.29 is 4.79 Å². The lowest BCUT2D eigenvalue weighted by Gasteiger charge is -2.27. The van der Waals surface area contributed by atoms with E-state index in [1.54, 1.807) is 11.2 Å². The predicted octanol–water partition coefficient (Wildman–Crippen LogP) is 4.25. The van der Waals surface area contributed by atoms with Crippen LogP contribution in [0.25, 0.3) is 16.5 Å². The van der Waals surface area contributed by atoms with Gasteiger partial charge in [-0.1, -0.05) is 6.07 Å². The molecule has 8 nitrogen and oxygen atoms in total. The number of nitrogens with zero attached hydrogens (tertiary/aromatic N) is 7. The second-order valence-electron chi connectivity index (χ2n) is 8.69. The van der Waals surface area contributed by atoms with Gasteiger partial charge in [-0.25, -0.2) is 9.97 Å². The van der Waals surface area contributed by atoms with Gasteiger partial charge in [-0.15, -0.1) is 21.5 Å². The monoisotopic (exact) mass is 445 g/mol. The molecule has 0 N–H and O–H groups in total. The van der Waals surface area contributed by atoms with Crippen molar-refractivity contribution in [3.8, 4) is 16.5 Å². The number of anilines is 1. The van der Waals surface area contributed by atoms with Crippen LogP contribution in [-0.4, -0.2) is 41.8 Å². The SMILES string of the molecule is CC(C)n1cnnc1-c1nc(N2CCc3ccc(-n4cnc(C5CC5)c4)cc3C2=O)cs1. The van der Waals surface area contributed by atoms with E-state index in [0.29, 0.717) is 18.3 Å². The molecule has 0 saturated heterocycles. The Morgan fingerprint density at radius 3 is 2.88 bits per heavy atom. The van der Waals surface area contributed by atoms with E-state index in [4.69, 9.17) is 4.98 Å². The number of carbonyl (C=O) groups is 1. The van der Waals surface area contributed by atoms with Crippen molar-refractivity contribution in [1.29, 1.82) is 0 Å². The molecule has 1 fully saturated rings. The maximum absolute atomic E-state index is 13.4. The molecule has 9 heteroatoms. The lowest BCUT2D eigenvalue weighted by molar-refractivity contribution is 0.0980. The summed E-state index contributed by atoms with van der Waals surface area (Å²) in [6, 6.07) is 6.34. The van der Waals surface area contributed by atoms with Crippen molar-refractivity contribution in [1.82, 2.24) is 29.3 Å². The molecule has 2 aliphatic rings. The van der Waals surface area contributed by atoms with Crippen molar-refractivity contribution in [3.05, 3.63) is 59.3 Å². The average molecular weight is 446 g/mol. The molecule has 6 rings (SSSR count). The van der Waals surface area contributed by atoms with Gasteiger partial charge in [0.2, 0.25) is 0 Å². The fourth-order valence-electron chi connectivity index (χ4n) is 4.17. The Labute approximate surface area is 189 Å². The van der Waals surface area contributed by atoms with Crippen LogP contribution in [0.3, 0.4) is 0 Å². The van der Waals surface area contributed by atoms with E-state index in [9.17, 15) is 4.79 Å². The smallest absolute Gasteiger partial charge is 0.259 e. The van der Waals surface area contributed by atoms with Gasteiger partial charge < -0.3 is 9.13 Å². The maximum atomic E-state index is 13.4. The second kappa shape index (κ2) is 7.37. The minimum atomic E-state index is -0.0159. The molecule has 0 spiro atoms. The Hall–Kier alpha value is -3.33. The van der Waals surface area contributed by atoms with Crippen LogP contribution in [0.2, 0.25) is 0 Å². The summed E-state index contributed by atoms with van der Waals surface area (Å²) in [5, 5.41) is 11.0. The largest absolute Gasteiger partial charge is 0.309 e. The zero-order valence-corrected chi connectivity index (χ0v) is 18.8. The number of thiazole rings is 1. The zero-order valence-electron chi connectivity index (χ0n) is 18.0. The highest BCUT2D eigenvalue weighted by molar-refractivity contribution is 7.13. The minimum Gasteiger partial charge on any atom is -0.309 e. The quantitative estimate of drug-likeness (QED) is 0.459. The first-order valence-electron chi connectivity index (χ1n) is 10.9. The van der Waals surface area contributed by atoms with E-state index in [2.05, 4.69) is 47.4 Å². The number of rotatable bonds is 5. The number of amides is 1. The number of benzene rings is 1. The van der Waals surface area contributed by atoms with Gasteiger partial charge in [0.05, 0.1) is 12.0 Å². The molecule has 1 aliphatic heterocycles. The van der Waals surface area contributed by atoms with Gasteiger partial charge in [0.15, 0.2) is 10.8 Å². The molecular weight excluding hydrogens is 422 g/mol. The van der Waals surface area contributed by atoms with Crippen LogP contribution in [0, 0.1) is 0 Å². The lowest BCUT2D eigenvalue weighted by Crippen LogP contribution is -2.38. The number of hydrogen-bond acceptors (Lipinski definition) is 6. The molecule has 1 saturated carbocycles. The predicted molar refractivity (Wildman–Crippen MR) is 122 cm³/mol. The summed E-state index contributed by atoms with van der Waals surface area (Å²) in [7, 11) is 0. The van der Waals surface area contributed by atoms with E-state index in [-0.39, 0.29) is 11.9 Å². The van der Waals surface area contributed by atoms with Crippen LogP contribution in [0.5, 0.6) is 0 Å². The third-order valence-electron chi connectivity index (χ3n) is 6.16. The van der Waals surface area contributed by atoms with E-state index in [0.717, 1.165) is 39.8 Å². The minimum absolute atomic E-state index is 0.0159. The van der Waals surface area contributed by atoms with Crippen LogP contribution in [0.15, 0.2) is 42.4 Å². The molecule has 1 aliphatic carbocycles. The molecule has 0 unspecified atom stereocenters. The molecule has 4 heterocycles. The molecule has 0 radical (unpaired) electrons. The number of hydrogen-bond donors (Lipinski definition) is 0. The van der Waals surface area contributed by atoms with E-state index in [1.165, 1.54) is 24.2 Å². The molecule has 0 atom stereocenters. The van der Waals surface area contributed by atoms with Crippen LogP contribution in [-0.2, 0) is 6.42 Å². The van der Waals surface area contributed by atoms with Gasteiger partial charge in [0, 0.05) is 41.3 Å². The van der Waals surface area contributed by atoms with Gasteiger partial charge >= 0.3 is 0 Å². The number of imidazole rings is 1. The van der Waals surface area contributed by atoms with Crippen molar-refractivity contribution in [2.24, 2.45) is 0 Å². The second-order valence-corrected chi connectivity index (χ2v) is 9.55. The molecule has 4 aromatic rings. The van der Waals surface area contributed by atoms with Gasteiger partial charge in [-0.05, 0) is 50.8 Å². The highest BCUT2D eigenvalue weighted by Crippen LogP contribution is 2.39. The van der Waals surface area contributed by atoms with Crippen molar-refractivity contribution >= 4 is 23.1 Å². The third-order valence-corrected chi connectivity index (χ3v) is 6.99. The summed E-state index contributed by atoms with van der Waals surface area (Å²) >= 11 is 1.49. The standard InChI is InChI=1S/C23H23N7OS/c1-14(2)30-13-25-27-21(30)22-26-20(11-32-22)29-8-7-15-5-6-17(9-18(15)23(29)31)28-10-19(24-12-28)16-3-4-16/h5-6,9-14,16H,3-4,7-8H2,1-2H3. The summed E-state index contributed by atoms with van der Waals surface area (Å²) in [5.41, 5.74) is 3.91. The summed E-state index contributed by atoms with van der Waals surface area (Å²) < 4.78 is 4.00. The van der Waals surface area contributed by atoms with Crippen LogP contribution < -0.4 is 4.90 Å². The highest BCUT2D eigenvalue weighted by atomic mass is 32.1. The molecule has 0 bridgehead atoms. The van der Waals surface area contributed by atoms with Gasteiger partial charge in [0.1, 0.15) is 12.1 Å². The molecule has 162 valence electrons. The fourth-order valence-corrected chi connectivity index (χ4v) is 4.97. The van der Waals surface area contributed by atoms with Crippen LogP contribution >= 0.6 is 11.3 Å². The topological polar surface area (TPSA) is 81.7 Å². The Bertz CT molecular complexity index is 1310. The molecular formula is C23H23N7OS. The Balaban J connectivity index is 1.30. The number of fused-ring (bicyclic) bond motifs is 1. The normalized spacial score (nSPS) is 16.1. The van der Waals surface area contributed by atoms with Gasteiger partial charge in [0.25, 0.3) is 5.91 Å². The van der Waals surface area contributed by atoms with E-state index < -0.39 is 0 Å². The lowest BCUT2D eigenvalue weighted by atomic mass is 9.98. The van der Waals surface area contributed by atoms with Crippen LogP contribution in [0.1, 0.15) is 60.3 Å². The van der Waals surface area contributed by atoms with Crippen molar-refractivity contribution in [2.45, 2.75) is 45.1 Å². The number of carbonyl (C=O) groups excluding carboxylic acids is 1. The van der Waals surface area contributed by atoms with Gasteiger partial charge in [-0.2, -0.15) is 0 Å². The Morgan fingerprint density at radius 2 is 2.06 bits per heavy atom.